The van der Waals surface area contributed by atoms with Gasteiger partial charge in [0, 0.05) is 52.4 Å². The lowest BCUT2D eigenvalue weighted by Crippen LogP contribution is -2.47. The number of carbonyl (C=O) groups excluding carboxylic acids is 1. The molecule has 0 aromatic heterocycles. The Labute approximate surface area is 130 Å². The van der Waals surface area contributed by atoms with Gasteiger partial charge in [-0.15, -0.1) is 0 Å². The van der Waals surface area contributed by atoms with Gasteiger partial charge in [0.1, 0.15) is 0 Å². The molecule has 0 aliphatic carbocycles. The fourth-order valence-electron chi connectivity index (χ4n) is 2.60. The first kappa shape index (κ1) is 18.4. The van der Waals surface area contributed by atoms with Gasteiger partial charge in [0.25, 0.3) is 0 Å². The molecule has 0 radical (unpaired) electrons. The first-order chi connectivity index (χ1) is 9.93. The molecule has 1 heterocycles. The summed E-state index contributed by atoms with van der Waals surface area (Å²) in [6.45, 7) is 9.30. The molecule has 5 nitrogen and oxygen atoms in total. The maximum atomic E-state index is 11.7. The zero-order valence-corrected chi connectivity index (χ0v) is 14.6. The summed E-state index contributed by atoms with van der Waals surface area (Å²) in [5, 5.41) is 3.66. The highest BCUT2D eigenvalue weighted by molar-refractivity contribution is 5.77. The van der Waals surface area contributed by atoms with Crippen LogP contribution in [0.1, 0.15) is 33.1 Å². The Hall–Kier alpha value is -0.650. The second-order valence-electron chi connectivity index (χ2n) is 6.53. The van der Waals surface area contributed by atoms with Crippen LogP contribution in [0.3, 0.4) is 0 Å². The van der Waals surface area contributed by atoms with Crippen molar-refractivity contribution >= 4 is 5.91 Å². The van der Waals surface area contributed by atoms with Crippen molar-refractivity contribution in [1.29, 1.82) is 0 Å². The molecule has 1 rings (SSSR count). The summed E-state index contributed by atoms with van der Waals surface area (Å²) in [4.78, 5) is 18.1. The van der Waals surface area contributed by atoms with Crippen LogP contribution in [0.4, 0.5) is 0 Å². The van der Waals surface area contributed by atoms with E-state index < -0.39 is 0 Å². The number of nitrogens with zero attached hydrogens (tertiary/aromatic N) is 3. The highest BCUT2D eigenvalue weighted by Gasteiger charge is 2.21. The molecule has 1 N–H and O–H groups in total. The van der Waals surface area contributed by atoms with Crippen LogP contribution in [0, 0.1) is 0 Å². The number of likely N-dealkylation sites (N-methyl/N-ethyl adjacent to an activating group) is 2. The van der Waals surface area contributed by atoms with E-state index in [4.69, 9.17) is 0 Å². The number of nitrogens with one attached hydrogen (secondary N) is 1. The standard InChI is InChI=1S/C16H34N4O/c1-6-14(2)19(5)12-9-17-15-7-10-20(11-8-15)13-16(21)18(3)4/h14-15,17H,6-13H2,1-5H3. The third-order valence-corrected chi connectivity index (χ3v) is 4.69. The number of amides is 1. The van der Waals surface area contributed by atoms with Crippen molar-refractivity contribution in [2.45, 2.75) is 45.2 Å². The minimum atomic E-state index is 0.205. The van der Waals surface area contributed by atoms with Crippen molar-refractivity contribution in [2.75, 3.05) is 53.9 Å². The van der Waals surface area contributed by atoms with Crippen molar-refractivity contribution in [3.63, 3.8) is 0 Å². The molecule has 1 unspecified atom stereocenters. The van der Waals surface area contributed by atoms with Crippen LogP contribution >= 0.6 is 0 Å². The predicted molar refractivity (Wildman–Crippen MR) is 88.5 cm³/mol. The number of carbonyl (C=O) groups is 1. The van der Waals surface area contributed by atoms with Gasteiger partial charge in [-0.25, -0.2) is 0 Å². The summed E-state index contributed by atoms with van der Waals surface area (Å²) in [5.74, 6) is 0.205. The molecule has 1 saturated heterocycles. The molecular weight excluding hydrogens is 264 g/mol. The van der Waals surface area contributed by atoms with Crippen molar-refractivity contribution in [2.24, 2.45) is 0 Å². The Balaban J connectivity index is 2.15. The van der Waals surface area contributed by atoms with E-state index >= 15 is 0 Å². The van der Waals surface area contributed by atoms with E-state index in [1.807, 2.05) is 14.1 Å². The second kappa shape index (κ2) is 9.38. The maximum absolute atomic E-state index is 11.7. The average molecular weight is 298 g/mol. The molecule has 0 spiro atoms. The molecule has 0 aromatic rings. The van der Waals surface area contributed by atoms with Gasteiger partial charge in [-0.2, -0.15) is 0 Å². The molecule has 1 atom stereocenters. The van der Waals surface area contributed by atoms with E-state index in [1.165, 1.54) is 6.42 Å². The average Bonchev–Trinajstić information content (AvgIpc) is 2.47. The Morgan fingerprint density at radius 2 is 1.90 bits per heavy atom. The summed E-state index contributed by atoms with van der Waals surface area (Å²) < 4.78 is 0. The van der Waals surface area contributed by atoms with E-state index in [0.29, 0.717) is 18.6 Å². The lowest BCUT2D eigenvalue weighted by Gasteiger charge is -2.33. The molecule has 21 heavy (non-hydrogen) atoms. The second-order valence-corrected chi connectivity index (χ2v) is 6.53. The van der Waals surface area contributed by atoms with Crippen LogP contribution in [0.5, 0.6) is 0 Å². The van der Waals surface area contributed by atoms with Gasteiger partial charge < -0.3 is 15.1 Å². The van der Waals surface area contributed by atoms with Crippen molar-refractivity contribution < 1.29 is 4.79 Å². The molecule has 0 bridgehead atoms. The van der Waals surface area contributed by atoms with Crippen molar-refractivity contribution in [3.05, 3.63) is 0 Å². The van der Waals surface area contributed by atoms with Crippen LogP contribution in [-0.2, 0) is 4.79 Å². The van der Waals surface area contributed by atoms with E-state index in [2.05, 4.69) is 36.0 Å². The van der Waals surface area contributed by atoms with E-state index in [0.717, 1.165) is 39.0 Å². The topological polar surface area (TPSA) is 38.8 Å². The molecule has 1 aliphatic heterocycles. The molecule has 0 saturated carbocycles. The molecule has 1 aliphatic rings. The van der Waals surface area contributed by atoms with Crippen LogP contribution in [0.15, 0.2) is 0 Å². The van der Waals surface area contributed by atoms with Gasteiger partial charge in [0.05, 0.1) is 6.54 Å². The van der Waals surface area contributed by atoms with Crippen LogP contribution in [-0.4, -0.2) is 86.6 Å². The molecule has 0 aromatic carbocycles. The quantitative estimate of drug-likeness (QED) is 0.721. The van der Waals surface area contributed by atoms with Crippen LogP contribution in [0.25, 0.3) is 0 Å². The normalized spacial score (nSPS) is 19.0. The number of likely N-dealkylation sites (tertiary alicyclic amines) is 1. The third-order valence-electron chi connectivity index (χ3n) is 4.69. The minimum absolute atomic E-state index is 0.205. The smallest absolute Gasteiger partial charge is 0.236 e. The zero-order valence-electron chi connectivity index (χ0n) is 14.6. The fourth-order valence-corrected chi connectivity index (χ4v) is 2.60. The van der Waals surface area contributed by atoms with Gasteiger partial charge in [-0.3, -0.25) is 9.69 Å². The van der Waals surface area contributed by atoms with Crippen LogP contribution < -0.4 is 5.32 Å². The first-order valence-corrected chi connectivity index (χ1v) is 8.30. The number of rotatable bonds is 8. The highest BCUT2D eigenvalue weighted by atomic mass is 16.2. The van der Waals surface area contributed by atoms with Gasteiger partial charge in [0.2, 0.25) is 5.91 Å². The van der Waals surface area contributed by atoms with Gasteiger partial charge in [0.15, 0.2) is 0 Å². The third kappa shape index (κ3) is 6.76. The molecular formula is C16H34N4O. The van der Waals surface area contributed by atoms with Crippen LogP contribution in [0.2, 0.25) is 0 Å². The van der Waals surface area contributed by atoms with E-state index in [-0.39, 0.29) is 5.91 Å². The Morgan fingerprint density at radius 1 is 1.29 bits per heavy atom. The number of hydrogen-bond donors (Lipinski definition) is 1. The molecule has 124 valence electrons. The summed E-state index contributed by atoms with van der Waals surface area (Å²) in [5.41, 5.74) is 0. The summed E-state index contributed by atoms with van der Waals surface area (Å²) >= 11 is 0. The zero-order chi connectivity index (χ0) is 15.8. The molecule has 5 heteroatoms. The predicted octanol–water partition coefficient (Wildman–Crippen LogP) is 0.859. The van der Waals surface area contributed by atoms with Crippen molar-refractivity contribution in [1.82, 2.24) is 20.0 Å². The Bertz CT molecular complexity index is 301. The lowest BCUT2D eigenvalue weighted by molar-refractivity contribution is -0.130. The fraction of sp³-hybridized carbons (Fsp3) is 0.938. The maximum Gasteiger partial charge on any atom is 0.236 e. The number of hydrogen-bond acceptors (Lipinski definition) is 4. The molecule has 1 fully saturated rings. The summed E-state index contributed by atoms with van der Waals surface area (Å²) in [6, 6.07) is 1.27. The van der Waals surface area contributed by atoms with Crippen molar-refractivity contribution in [3.8, 4) is 0 Å². The largest absolute Gasteiger partial charge is 0.348 e. The lowest BCUT2D eigenvalue weighted by atomic mass is 10.1. The Kier molecular flexibility index (Phi) is 8.22. The van der Waals surface area contributed by atoms with Gasteiger partial charge >= 0.3 is 0 Å². The highest BCUT2D eigenvalue weighted by Crippen LogP contribution is 2.10. The number of piperidine rings is 1. The first-order valence-electron chi connectivity index (χ1n) is 8.30. The summed E-state index contributed by atoms with van der Waals surface area (Å²) in [6.07, 6.45) is 3.50. The molecule has 1 amide bonds. The van der Waals surface area contributed by atoms with E-state index in [9.17, 15) is 4.79 Å². The van der Waals surface area contributed by atoms with E-state index in [1.54, 1.807) is 4.90 Å². The van der Waals surface area contributed by atoms with Gasteiger partial charge in [-0.05, 0) is 33.2 Å². The minimum Gasteiger partial charge on any atom is -0.348 e. The Morgan fingerprint density at radius 3 is 2.43 bits per heavy atom. The summed E-state index contributed by atoms with van der Waals surface area (Å²) in [7, 11) is 5.85. The SMILES string of the molecule is CCC(C)N(C)CCNC1CCN(CC(=O)N(C)C)CC1. The van der Waals surface area contributed by atoms with Gasteiger partial charge in [-0.1, -0.05) is 6.92 Å². The monoisotopic (exact) mass is 298 g/mol.